The Kier molecular flexibility index (Phi) is 7.48. The molecule has 0 fully saturated rings. The van der Waals surface area contributed by atoms with Crippen LogP contribution in [-0.2, 0) is 37.3 Å². The van der Waals surface area contributed by atoms with Gasteiger partial charge in [0.05, 0.1) is 17.7 Å². The Morgan fingerprint density at radius 3 is 2.38 bits per heavy atom. The van der Waals surface area contributed by atoms with Gasteiger partial charge in [-0.2, -0.15) is 18.3 Å². The number of hydrogen-bond donors (Lipinski definition) is 2. The van der Waals surface area contributed by atoms with Crippen LogP contribution in [-0.4, -0.2) is 31.3 Å². The molecule has 0 aliphatic rings. The van der Waals surface area contributed by atoms with Gasteiger partial charge < -0.3 is 15.0 Å². The van der Waals surface area contributed by atoms with Gasteiger partial charge in [0.2, 0.25) is 0 Å². The van der Waals surface area contributed by atoms with Crippen LogP contribution < -0.4 is 5.32 Å². The van der Waals surface area contributed by atoms with Crippen LogP contribution in [0.15, 0.2) is 42.6 Å². The van der Waals surface area contributed by atoms with Gasteiger partial charge >= 0.3 is 12.1 Å². The van der Waals surface area contributed by atoms with Crippen LogP contribution in [0.4, 0.5) is 18.9 Å². The summed E-state index contributed by atoms with van der Waals surface area (Å²) in [5, 5.41) is 15.5. The minimum absolute atomic E-state index is 0.0946. The number of benzene rings is 1. The first-order valence-corrected chi connectivity index (χ1v) is 10.9. The van der Waals surface area contributed by atoms with E-state index in [0.29, 0.717) is 6.42 Å². The average Bonchev–Trinajstić information content (AvgIpc) is 3.33. The van der Waals surface area contributed by atoms with Crippen molar-refractivity contribution in [2.24, 2.45) is 7.05 Å². The van der Waals surface area contributed by atoms with Crippen molar-refractivity contribution in [2.75, 3.05) is 5.32 Å². The van der Waals surface area contributed by atoms with Crippen molar-refractivity contribution in [3.8, 4) is 0 Å². The summed E-state index contributed by atoms with van der Waals surface area (Å²) in [6.07, 6.45) is -1.14. The molecule has 0 bridgehead atoms. The van der Waals surface area contributed by atoms with Crippen molar-refractivity contribution in [3.63, 3.8) is 0 Å². The molecule has 0 atom stereocenters. The Labute approximate surface area is 195 Å². The number of aryl methyl sites for hydroxylation is 3. The van der Waals surface area contributed by atoms with Gasteiger partial charge in [-0.25, -0.2) is 0 Å². The fourth-order valence-electron chi connectivity index (χ4n) is 4.00. The second-order valence-corrected chi connectivity index (χ2v) is 8.38. The summed E-state index contributed by atoms with van der Waals surface area (Å²) in [7, 11) is 1.87. The summed E-state index contributed by atoms with van der Waals surface area (Å²) >= 11 is 0. The van der Waals surface area contributed by atoms with Crippen LogP contribution in [0.3, 0.4) is 0 Å². The Morgan fingerprint density at radius 2 is 1.79 bits per heavy atom. The maximum Gasteiger partial charge on any atom is 0.418 e. The summed E-state index contributed by atoms with van der Waals surface area (Å²) in [5.41, 5.74) is 0.882. The van der Waals surface area contributed by atoms with Gasteiger partial charge in [-0.1, -0.05) is 6.07 Å². The molecule has 1 aromatic carbocycles. The highest BCUT2D eigenvalue weighted by molar-refractivity contribution is 6.04. The van der Waals surface area contributed by atoms with E-state index < -0.39 is 35.7 Å². The smallest absolute Gasteiger partial charge is 0.418 e. The molecule has 0 saturated heterocycles. The van der Waals surface area contributed by atoms with Gasteiger partial charge in [-0.3, -0.25) is 14.3 Å². The molecule has 0 spiro atoms. The number of anilines is 1. The molecule has 10 heteroatoms. The number of carboxylic acids is 1. The standard InChI is InChI=1S/C24H27F3N4O3/c1-15(2)31-18(6-4-5-17-11-12-28-30(17)3)8-10-21(31)23(34)29-20-13-16(14-22(32)33)7-9-19(20)24(25,26)27/h7-13,15H,4-6,14H2,1-3H3,(H,29,34)(H,32,33). The SMILES string of the molecule is CC(C)n1c(CCCc2ccnn2C)ccc1C(=O)Nc1cc(CC(=O)O)ccc1C(F)(F)F. The second kappa shape index (κ2) is 10.1. The lowest BCUT2D eigenvalue weighted by Crippen LogP contribution is -2.21. The molecule has 0 aliphatic carbocycles. The van der Waals surface area contributed by atoms with E-state index in [-0.39, 0.29) is 17.3 Å². The number of nitrogens with zero attached hydrogens (tertiary/aromatic N) is 3. The molecule has 2 aromatic heterocycles. The van der Waals surface area contributed by atoms with Gasteiger partial charge in [-0.15, -0.1) is 0 Å². The third-order valence-corrected chi connectivity index (χ3v) is 5.53. The molecule has 3 aromatic rings. The number of rotatable bonds is 9. The lowest BCUT2D eigenvalue weighted by atomic mass is 10.1. The molecular weight excluding hydrogens is 449 g/mol. The minimum Gasteiger partial charge on any atom is -0.481 e. The zero-order chi connectivity index (χ0) is 25.0. The highest BCUT2D eigenvalue weighted by atomic mass is 19.4. The zero-order valence-electron chi connectivity index (χ0n) is 19.2. The summed E-state index contributed by atoms with van der Waals surface area (Å²) < 4.78 is 44.2. The molecule has 0 unspecified atom stereocenters. The normalized spacial score (nSPS) is 11.7. The molecule has 1 amide bonds. The zero-order valence-corrected chi connectivity index (χ0v) is 19.2. The monoisotopic (exact) mass is 476 g/mol. The molecule has 7 nitrogen and oxygen atoms in total. The number of aromatic nitrogens is 3. The van der Waals surface area contributed by atoms with Crippen LogP contribution in [0, 0.1) is 0 Å². The minimum atomic E-state index is -4.71. The molecule has 0 saturated carbocycles. The lowest BCUT2D eigenvalue weighted by molar-refractivity contribution is -0.137. The first-order valence-electron chi connectivity index (χ1n) is 10.9. The number of alkyl halides is 3. The second-order valence-electron chi connectivity index (χ2n) is 8.38. The summed E-state index contributed by atoms with van der Waals surface area (Å²) in [6.45, 7) is 3.80. The van der Waals surface area contributed by atoms with Crippen molar-refractivity contribution in [1.82, 2.24) is 14.3 Å². The number of halogens is 3. The van der Waals surface area contributed by atoms with Gasteiger partial charge in [0.15, 0.2) is 0 Å². The van der Waals surface area contributed by atoms with E-state index >= 15 is 0 Å². The first-order chi connectivity index (χ1) is 16.0. The van der Waals surface area contributed by atoms with Crippen molar-refractivity contribution in [3.05, 3.63) is 70.8 Å². The van der Waals surface area contributed by atoms with Gasteiger partial charge in [0.1, 0.15) is 5.69 Å². The van der Waals surface area contributed by atoms with E-state index in [2.05, 4.69) is 10.4 Å². The van der Waals surface area contributed by atoms with Crippen LogP contribution >= 0.6 is 0 Å². The van der Waals surface area contributed by atoms with Crippen molar-refractivity contribution in [2.45, 2.75) is 51.7 Å². The van der Waals surface area contributed by atoms with Crippen molar-refractivity contribution >= 4 is 17.6 Å². The van der Waals surface area contributed by atoms with E-state index in [0.717, 1.165) is 42.4 Å². The van der Waals surface area contributed by atoms with Crippen LogP contribution in [0.25, 0.3) is 0 Å². The van der Waals surface area contributed by atoms with Crippen LogP contribution in [0.2, 0.25) is 0 Å². The Hall–Kier alpha value is -3.56. The van der Waals surface area contributed by atoms with Crippen molar-refractivity contribution in [1.29, 1.82) is 0 Å². The van der Waals surface area contributed by atoms with E-state index in [9.17, 15) is 22.8 Å². The maximum atomic E-state index is 13.5. The van der Waals surface area contributed by atoms with Crippen molar-refractivity contribution < 1.29 is 27.9 Å². The maximum absolute atomic E-state index is 13.5. The Bertz CT molecular complexity index is 1180. The molecule has 0 radical (unpaired) electrons. The molecule has 34 heavy (non-hydrogen) atoms. The molecule has 182 valence electrons. The number of hydrogen-bond acceptors (Lipinski definition) is 3. The topological polar surface area (TPSA) is 89.2 Å². The number of carboxylic acid groups (broad SMARTS) is 1. The lowest BCUT2D eigenvalue weighted by Gasteiger charge is -2.19. The highest BCUT2D eigenvalue weighted by Crippen LogP contribution is 2.36. The number of amides is 1. The predicted octanol–water partition coefficient (Wildman–Crippen LogP) is 4.88. The molecule has 2 N–H and O–H groups in total. The van der Waals surface area contributed by atoms with E-state index in [1.165, 1.54) is 0 Å². The van der Waals surface area contributed by atoms with E-state index in [1.807, 2.05) is 37.6 Å². The fraction of sp³-hybridized carbons (Fsp3) is 0.375. The quantitative estimate of drug-likeness (QED) is 0.461. The largest absolute Gasteiger partial charge is 0.481 e. The number of aliphatic carboxylic acids is 1. The third-order valence-electron chi connectivity index (χ3n) is 5.53. The van der Waals surface area contributed by atoms with Gasteiger partial charge in [0, 0.05) is 30.7 Å². The third kappa shape index (κ3) is 5.86. The molecule has 0 aliphatic heterocycles. The molecular formula is C24H27F3N4O3. The van der Waals surface area contributed by atoms with Crippen LogP contribution in [0.5, 0.6) is 0 Å². The summed E-state index contributed by atoms with van der Waals surface area (Å²) in [5.74, 6) is -1.87. The summed E-state index contributed by atoms with van der Waals surface area (Å²) in [4.78, 5) is 24.0. The molecule has 2 heterocycles. The van der Waals surface area contributed by atoms with E-state index in [1.54, 1.807) is 16.9 Å². The van der Waals surface area contributed by atoms with Crippen LogP contribution in [0.1, 0.15) is 59.3 Å². The summed E-state index contributed by atoms with van der Waals surface area (Å²) in [6, 6.07) is 8.21. The van der Waals surface area contributed by atoms with Gasteiger partial charge in [-0.05, 0) is 69.0 Å². The number of nitrogens with one attached hydrogen (secondary N) is 1. The first kappa shape index (κ1) is 25.1. The Balaban J connectivity index is 1.84. The number of carbonyl (C=O) groups excluding carboxylic acids is 1. The fourth-order valence-corrected chi connectivity index (χ4v) is 4.00. The average molecular weight is 476 g/mol. The Morgan fingerprint density at radius 1 is 1.09 bits per heavy atom. The predicted molar refractivity (Wildman–Crippen MR) is 121 cm³/mol. The number of carbonyl (C=O) groups is 2. The highest BCUT2D eigenvalue weighted by Gasteiger charge is 2.34. The van der Waals surface area contributed by atoms with Gasteiger partial charge in [0.25, 0.3) is 5.91 Å². The van der Waals surface area contributed by atoms with E-state index in [4.69, 9.17) is 5.11 Å². The molecule has 3 rings (SSSR count).